The van der Waals surface area contributed by atoms with Gasteiger partial charge in [0, 0.05) is 23.2 Å². The van der Waals surface area contributed by atoms with Gasteiger partial charge in [0.15, 0.2) is 11.5 Å². The topological polar surface area (TPSA) is 79.5 Å². The molecule has 2 unspecified atom stereocenters. The molecule has 0 bridgehead atoms. The quantitative estimate of drug-likeness (QED) is 0.669. The number of hydrogen-bond acceptors (Lipinski definition) is 5. The number of amides is 1. The Hall–Kier alpha value is -2.77. The molecule has 156 valence electrons. The van der Waals surface area contributed by atoms with E-state index in [9.17, 15) is 4.79 Å². The summed E-state index contributed by atoms with van der Waals surface area (Å²) in [4.78, 5) is 23.3. The molecule has 3 heterocycles. The van der Waals surface area contributed by atoms with Crippen molar-refractivity contribution >= 4 is 28.5 Å². The maximum atomic E-state index is 12.8. The first-order chi connectivity index (χ1) is 14.6. The van der Waals surface area contributed by atoms with Gasteiger partial charge in [-0.15, -0.1) is 0 Å². The number of piperidine rings is 1. The Balaban J connectivity index is 1.31. The molecule has 1 saturated heterocycles. The molecule has 0 saturated carbocycles. The second-order valence-corrected chi connectivity index (χ2v) is 8.27. The van der Waals surface area contributed by atoms with Crippen molar-refractivity contribution in [1.29, 1.82) is 0 Å². The van der Waals surface area contributed by atoms with Gasteiger partial charge in [0.05, 0.1) is 17.1 Å². The number of nitrogens with zero attached hydrogens (tertiary/aromatic N) is 2. The molecule has 0 radical (unpaired) electrons. The zero-order valence-electron chi connectivity index (χ0n) is 16.7. The Morgan fingerprint density at radius 3 is 2.90 bits per heavy atom. The highest BCUT2D eigenvalue weighted by atomic mass is 35.5. The van der Waals surface area contributed by atoms with Gasteiger partial charge >= 0.3 is 0 Å². The van der Waals surface area contributed by atoms with Crippen LogP contribution in [0.5, 0.6) is 11.5 Å². The van der Waals surface area contributed by atoms with Gasteiger partial charge in [0.1, 0.15) is 19.0 Å². The number of benzene rings is 2. The smallest absolute Gasteiger partial charge is 0.251 e. The average Bonchev–Trinajstić information content (AvgIpc) is 3.17. The standard InChI is InChI=1S/C22H23ClN4O3/c1-27-7-6-15(12-18(27)21-25-16-4-3-14(23)11-17(16)26-21)24-22(28)13-2-5-19-20(10-13)30-9-8-29-19/h2-5,10-11,15,18H,6-9,12H2,1H3,(H,24,28)(H,25,26). The molecule has 2 atom stereocenters. The SMILES string of the molecule is CN1CCC(NC(=O)c2ccc3c(c2)OCCO3)CC1c1nc2ccc(Cl)cc2[nH]1. The summed E-state index contributed by atoms with van der Waals surface area (Å²) in [6, 6.07) is 11.1. The molecule has 2 aromatic carbocycles. The van der Waals surface area contributed by atoms with Crippen LogP contribution in [0.3, 0.4) is 0 Å². The van der Waals surface area contributed by atoms with Crippen LogP contribution in [0.2, 0.25) is 5.02 Å². The maximum absolute atomic E-state index is 12.8. The van der Waals surface area contributed by atoms with E-state index in [1.807, 2.05) is 18.2 Å². The molecule has 1 fully saturated rings. The van der Waals surface area contributed by atoms with Crippen LogP contribution in [0, 0.1) is 0 Å². The number of carbonyl (C=O) groups excluding carboxylic acids is 1. The Kier molecular flexibility index (Phi) is 5.00. The number of imidazole rings is 1. The van der Waals surface area contributed by atoms with Crippen LogP contribution in [-0.2, 0) is 0 Å². The molecule has 1 aromatic heterocycles. The monoisotopic (exact) mass is 426 g/mol. The number of nitrogens with one attached hydrogen (secondary N) is 2. The fraction of sp³-hybridized carbons (Fsp3) is 0.364. The molecule has 1 amide bonds. The summed E-state index contributed by atoms with van der Waals surface area (Å²) in [5.41, 5.74) is 2.40. The molecule has 2 N–H and O–H groups in total. The first-order valence-electron chi connectivity index (χ1n) is 10.1. The minimum atomic E-state index is -0.100. The van der Waals surface area contributed by atoms with E-state index in [0.29, 0.717) is 35.3 Å². The van der Waals surface area contributed by atoms with Crippen molar-refractivity contribution in [3.63, 3.8) is 0 Å². The van der Waals surface area contributed by atoms with Gasteiger partial charge < -0.3 is 19.8 Å². The van der Waals surface area contributed by atoms with Crippen LogP contribution in [0.15, 0.2) is 36.4 Å². The Morgan fingerprint density at radius 2 is 2.03 bits per heavy atom. The number of fused-ring (bicyclic) bond motifs is 2. The normalized spacial score (nSPS) is 21.5. The lowest BCUT2D eigenvalue weighted by Crippen LogP contribution is -2.45. The highest BCUT2D eigenvalue weighted by Gasteiger charge is 2.30. The van der Waals surface area contributed by atoms with Gasteiger partial charge in [-0.1, -0.05) is 11.6 Å². The third-order valence-corrected chi connectivity index (χ3v) is 6.02. The number of likely N-dealkylation sites (tertiary alicyclic amines) is 1. The Morgan fingerprint density at radius 1 is 1.20 bits per heavy atom. The molecule has 7 nitrogen and oxygen atoms in total. The van der Waals surface area contributed by atoms with Gasteiger partial charge in [-0.05, 0) is 56.3 Å². The summed E-state index contributed by atoms with van der Waals surface area (Å²) in [6.45, 7) is 1.90. The van der Waals surface area contributed by atoms with Gasteiger partial charge in [-0.3, -0.25) is 9.69 Å². The molecule has 2 aliphatic heterocycles. The minimum Gasteiger partial charge on any atom is -0.486 e. The molecule has 8 heteroatoms. The Bertz CT molecular complexity index is 1100. The van der Waals surface area contributed by atoms with Crippen LogP contribution in [0.1, 0.15) is 35.1 Å². The van der Waals surface area contributed by atoms with Crippen molar-refractivity contribution in [3.8, 4) is 11.5 Å². The van der Waals surface area contributed by atoms with Gasteiger partial charge in [0.2, 0.25) is 0 Å². The van der Waals surface area contributed by atoms with E-state index in [1.165, 1.54) is 0 Å². The van der Waals surface area contributed by atoms with E-state index in [-0.39, 0.29) is 18.0 Å². The van der Waals surface area contributed by atoms with Crippen molar-refractivity contribution < 1.29 is 14.3 Å². The fourth-order valence-corrected chi connectivity index (χ4v) is 4.32. The number of ether oxygens (including phenoxy) is 2. The number of H-pyrrole nitrogens is 1. The van der Waals surface area contributed by atoms with Crippen molar-refractivity contribution in [2.45, 2.75) is 24.9 Å². The highest BCUT2D eigenvalue weighted by Crippen LogP contribution is 2.32. The van der Waals surface area contributed by atoms with Crippen LogP contribution in [0.25, 0.3) is 11.0 Å². The van der Waals surface area contributed by atoms with Crippen molar-refractivity contribution in [1.82, 2.24) is 20.2 Å². The summed E-state index contributed by atoms with van der Waals surface area (Å²) in [5, 5.41) is 3.86. The second-order valence-electron chi connectivity index (χ2n) is 7.83. The lowest BCUT2D eigenvalue weighted by atomic mass is 9.96. The summed E-state index contributed by atoms with van der Waals surface area (Å²) in [7, 11) is 2.09. The summed E-state index contributed by atoms with van der Waals surface area (Å²) in [6.07, 6.45) is 1.66. The summed E-state index contributed by atoms with van der Waals surface area (Å²) < 4.78 is 11.1. The Labute approximate surface area is 179 Å². The molecular weight excluding hydrogens is 404 g/mol. The molecule has 0 spiro atoms. The van der Waals surface area contributed by atoms with Crippen LogP contribution >= 0.6 is 11.6 Å². The van der Waals surface area contributed by atoms with Crippen molar-refractivity contribution in [2.75, 3.05) is 26.8 Å². The zero-order chi connectivity index (χ0) is 20.7. The molecule has 30 heavy (non-hydrogen) atoms. The average molecular weight is 427 g/mol. The van der Waals surface area contributed by atoms with Gasteiger partial charge in [-0.2, -0.15) is 0 Å². The number of rotatable bonds is 3. The third-order valence-electron chi connectivity index (χ3n) is 5.79. The van der Waals surface area contributed by atoms with Crippen molar-refractivity contribution in [3.05, 3.63) is 52.8 Å². The zero-order valence-corrected chi connectivity index (χ0v) is 17.4. The van der Waals surface area contributed by atoms with Crippen molar-refractivity contribution in [2.24, 2.45) is 0 Å². The molecule has 3 aromatic rings. The number of aromatic amines is 1. The van der Waals surface area contributed by atoms with E-state index in [2.05, 4.69) is 22.2 Å². The van der Waals surface area contributed by atoms with Crippen LogP contribution in [-0.4, -0.2) is 53.6 Å². The largest absolute Gasteiger partial charge is 0.486 e. The maximum Gasteiger partial charge on any atom is 0.251 e. The van der Waals surface area contributed by atoms with Crippen LogP contribution in [0.4, 0.5) is 0 Å². The molecule has 0 aliphatic carbocycles. The third kappa shape index (κ3) is 3.70. The minimum absolute atomic E-state index is 0.0590. The fourth-order valence-electron chi connectivity index (χ4n) is 4.15. The summed E-state index contributed by atoms with van der Waals surface area (Å²) in [5.74, 6) is 2.10. The van der Waals surface area contributed by atoms with E-state index in [0.717, 1.165) is 36.2 Å². The number of halogens is 1. The van der Waals surface area contributed by atoms with E-state index in [1.54, 1.807) is 18.2 Å². The van der Waals surface area contributed by atoms with Crippen LogP contribution < -0.4 is 14.8 Å². The van der Waals surface area contributed by atoms with E-state index >= 15 is 0 Å². The predicted molar refractivity (Wildman–Crippen MR) is 114 cm³/mol. The molecule has 2 aliphatic rings. The number of aromatic nitrogens is 2. The molecule has 5 rings (SSSR count). The van der Waals surface area contributed by atoms with Gasteiger partial charge in [-0.25, -0.2) is 4.98 Å². The lowest BCUT2D eigenvalue weighted by molar-refractivity contribution is 0.0883. The second kappa shape index (κ2) is 7.81. The number of carbonyl (C=O) groups is 1. The first kappa shape index (κ1) is 19.2. The van der Waals surface area contributed by atoms with Gasteiger partial charge in [0.25, 0.3) is 5.91 Å². The summed E-state index contributed by atoms with van der Waals surface area (Å²) >= 11 is 6.10. The highest BCUT2D eigenvalue weighted by molar-refractivity contribution is 6.31. The van der Waals surface area contributed by atoms with E-state index < -0.39 is 0 Å². The lowest BCUT2D eigenvalue weighted by Gasteiger charge is -2.36. The number of hydrogen-bond donors (Lipinski definition) is 2. The predicted octanol–water partition coefficient (Wildman–Crippen LogP) is 3.55. The van der Waals surface area contributed by atoms with E-state index in [4.69, 9.17) is 26.1 Å². The first-order valence-corrected chi connectivity index (χ1v) is 10.5. The molecular formula is C22H23ClN4O3.